The minimum absolute atomic E-state index is 0.116. The van der Waals surface area contributed by atoms with E-state index in [1.54, 1.807) is 23.0 Å². The van der Waals surface area contributed by atoms with Crippen LogP contribution in [0.5, 0.6) is 0 Å². The molecule has 0 unspecified atom stereocenters. The zero-order chi connectivity index (χ0) is 21.4. The summed E-state index contributed by atoms with van der Waals surface area (Å²) in [6, 6.07) is 10.2. The number of piperazine rings is 1. The third-order valence-corrected chi connectivity index (χ3v) is 5.60. The lowest BCUT2D eigenvalue weighted by molar-refractivity contribution is -0.121. The van der Waals surface area contributed by atoms with Crippen molar-refractivity contribution in [3.05, 3.63) is 54.0 Å². The molecular formula is C22H23N7O2. The molecule has 4 heterocycles. The van der Waals surface area contributed by atoms with E-state index in [0.717, 1.165) is 31.9 Å². The van der Waals surface area contributed by atoms with Crippen LogP contribution in [0.1, 0.15) is 12.0 Å². The number of amides is 1. The van der Waals surface area contributed by atoms with E-state index in [2.05, 4.69) is 49.7 Å². The normalized spacial score (nSPS) is 18.7. The highest BCUT2D eigenvalue weighted by molar-refractivity contribution is 6.17. The van der Waals surface area contributed by atoms with Crippen LogP contribution in [-0.4, -0.2) is 64.4 Å². The van der Waals surface area contributed by atoms with Crippen LogP contribution in [0.2, 0.25) is 0 Å². The SMILES string of the molecule is CN1CCN(c2ccc(Nc3ccn4ncc(/C=C5/NC(=O)CC5=O)c4n3)cc2)CC1. The molecular weight excluding hydrogens is 394 g/mol. The first-order chi connectivity index (χ1) is 15.0. The van der Waals surface area contributed by atoms with Gasteiger partial charge in [-0.15, -0.1) is 0 Å². The third kappa shape index (κ3) is 3.99. The predicted octanol–water partition coefficient (Wildman–Crippen LogP) is 1.65. The van der Waals surface area contributed by atoms with Gasteiger partial charge in [0.05, 0.1) is 18.3 Å². The summed E-state index contributed by atoms with van der Waals surface area (Å²) in [7, 11) is 2.15. The first-order valence-electron chi connectivity index (χ1n) is 10.2. The van der Waals surface area contributed by atoms with Crippen molar-refractivity contribution in [2.45, 2.75) is 6.42 Å². The van der Waals surface area contributed by atoms with Crippen molar-refractivity contribution in [3.63, 3.8) is 0 Å². The summed E-state index contributed by atoms with van der Waals surface area (Å²) in [4.78, 5) is 32.7. The van der Waals surface area contributed by atoms with Crippen LogP contribution in [-0.2, 0) is 9.59 Å². The highest BCUT2D eigenvalue weighted by Crippen LogP contribution is 2.23. The number of fused-ring (bicyclic) bond motifs is 1. The van der Waals surface area contributed by atoms with Gasteiger partial charge in [-0.2, -0.15) is 5.10 Å². The summed E-state index contributed by atoms with van der Waals surface area (Å²) in [5, 5.41) is 10.2. The van der Waals surface area contributed by atoms with E-state index >= 15 is 0 Å². The van der Waals surface area contributed by atoms with Gasteiger partial charge in [0, 0.05) is 49.3 Å². The fraction of sp³-hybridized carbons (Fsp3) is 0.273. The second-order valence-electron chi connectivity index (χ2n) is 7.85. The maximum absolute atomic E-state index is 11.9. The molecule has 1 aromatic carbocycles. The van der Waals surface area contributed by atoms with Crippen LogP contribution in [0.25, 0.3) is 11.7 Å². The Morgan fingerprint density at radius 3 is 2.55 bits per heavy atom. The molecule has 2 aromatic heterocycles. The van der Waals surface area contributed by atoms with Crippen molar-refractivity contribution in [2.24, 2.45) is 0 Å². The van der Waals surface area contributed by atoms with Crippen LogP contribution >= 0.6 is 0 Å². The third-order valence-electron chi connectivity index (χ3n) is 5.60. The largest absolute Gasteiger partial charge is 0.369 e. The van der Waals surface area contributed by atoms with Crippen molar-refractivity contribution >= 4 is 40.6 Å². The average Bonchev–Trinajstić information content (AvgIpc) is 3.31. The van der Waals surface area contributed by atoms with Gasteiger partial charge in [0.15, 0.2) is 11.4 Å². The van der Waals surface area contributed by atoms with Gasteiger partial charge < -0.3 is 20.4 Å². The van der Waals surface area contributed by atoms with Crippen molar-refractivity contribution in [1.82, 2.24) is 24.8 Å². The molecule has 2 N–H and O–H groups in total. The maximum Gasteiger partial charge on any atom is 0.232 e. The molecule has 31 heavy (non-hydrogen) atoms. The molecule has 0 bridgehead atoms. The number of hydrogen-bond acceptors (Lipinski definition) is 7. The molecule has 158 valence electrons. The monoisotopic (exact) mass is 417 g/mol. The summed E-state index contributed by atoms with van der Waals surface area (Å²) in [6.45, 7) is 4.21. The number of anilines is 3. The fourth-order valence-corrected chi connectivity index (χ4v) is 3.80. The van der Waals surface area contributed by atoms with Gasteiger partial charge in [-0.3, -0.25) is 9.59 Å². The van der Waals surface area contributed by atoms with Crippen LogP contribution in [0.15, 0.2) is 48.4 Å². The lowest BCUT2D eigenvalue weighted by atomic mass is 10.2. The van der Waals surface area contributed by atoms with Crippen molar-refractivity contribution in [3.8, 4) is 0 Å². The highest BCUT2D eigenvalue weighted by atomic mass is 16.2. The molecule has 3 aromatic rings. The fourth-order valence-electron chi connectivity index (χ4n) is 3.80. The molecule has 0 aliphatic carbocycles. The second kappa shape index (κ2) is 7.84. The number of benzene rings is 1. The Morgan fingerprint density at radius 1 is 1.06 bits per heavy atom. The molecule has 2 fully saturated rings. The Kier molecular flexibility index (Phi) is 4.87. The zero-order valence-electron chi connectivity index (χ0n) is 17.2. The number of aromatic nitrogens is 3. The molecule has 2 aliphatic heterocycles. The summed E-state index contributed by atoms with van der Waals surface area (Å²) in [5.74, 6) is 0.156. The molecule has 9 nitrogen and oxygen atoms in total. The number of hydrogen-bond donors (Lipinski definition) is 2. The number of carbonyl (C=O) groups excluding carboxylic acids is 2. The van der Waals surface area contributed by atoms with Gasteiger partial charge in [-0.25, -0.2) is 9.50 Å². The Labute approximate surface area is 179 Å². The van der Waals surface area contributed by atoms with Crippen LogP contribution in [0, 0.1) is 0 Å². The molecule has 1 amide bonds. The number of carbonyl (C=O) groups is 2. The van der Waals surface area contributed by atoms with E-state index in [1.807, 2.05) is 18.2 Å². The number of nitrogens with zero attached hydrogens (tertiary/aromatic N) is 5. The van der Waals surface area contributed by atoms with Gasteiger partial charge >= 0.3 is 0 Å². The Bertz CT molecular complexity index is 1170. The quantitative estimate of drug-likeness (QED) is 0.492. The van der Waals surface area contributed by atoms with E-state index < -0.39 is 0 Å². The number of likely N-dealkylation sites (N-methyl/N-ethyl adjacent to an activating group) is 1. The van der Waals surface area contributed by atoms with Crippen LogP contribution in [0.3, 0.4) is 0 Å². The number of ketones is 1. The average molecular weight is 417 g/mol. The summed E-state index contributed by atoms with van der Waals surface area (Å²) >= 11 is 0. The molecule has 0 atom stereocenters. The topological polar surface area (TPSA) is 94.9 Å². The number of Topliss-reactive ketones (excluding diaryl/α,β-unsaturated/α-hetero) is 1. The molecule has 2 saturated heterocycles. The van der Waals surface area contributed by atoms with Gasteiger partial charge in [0.1, 0.15) is 5.82 Å². The van der Waals surface area contributed by atoms with Crippen LogP contribution in [0.4, 0.5) is 17.2 Å². The minimum atomic E-state index is -0.289. The Hall–Kier alpha value is -3.72. The molecule has 2 aliphatic rings. The first-order valence-corrected chi connectivity index (χ1v) is 10.2. The Morgan fingerprint density at radius 2 is 1.84 bits per heavy atom. The van der Waals surface area contributed by atoms with Crippen molar-refractivity contribution < 1.29 is 9.59 Å². The first kappa shape index (κ1) is 19.3. The van der Waals surface area contributed by atoms with Gasteiger partial charge in [0.25, 0.3) is 0 Å². The van der Waals surface area contributed by atoms with Gasteiger partial charge in [-0.1, -0.05) is 0 Å². The second-order valence-corrected chi connectivity index (χ2v) is 7.85. The van der Waals surface area contributed by atoms with E-state index in [-0.39, 0.29) is 23.8 Å². The number of rotatable bonds is 4. The van der Waals surface area contributed by atoms with E-state index in [0.29, 0.717) is 17.0 Å². The minimum Gasteiger partial charge on any atom is -0.369 e. The summed E-state index contributed by atoms with van der Waals surface area (Å²) < 4.78 is 1.63. The van der Waals surface area contributed by atoms with Gasteiger partial charge in [0.2, 0.25) is 5.91 Å². The van der Waals surface area contributed by atoms with E-state index in [4.69, 9.17) is 0 Å². The van der Waals surface area contributed by atoms with Crippen molar-refractivity contribution in [2.75, 3.05) is 43.4 Å². The lowest BCUT2D eigenvalue weighted by Gasteiger charge is -2.34. The number of nitrogens with one attached hydrogen (secondary N) is 2. The zero-order valence-corrected chi connectivity index (χ0v) is 17.2. The molecule has 5 rings (SSSR count). The standard InChI is InChI=1S/C22H23N7O2/c1-27-8-10-28(11-9-27)17-4-2-16(3-5-17)24-20-6-7-29-22(26-20)15(14-23-29)12-18-19(30)13-21(31)25-18/h2-7,12,14H,8-11,13H2,1H3,(H,24,26)(H,25,31)/b18-12+. The molecule has 0 spiro atoms. The highest BCUT2D eigenvalue weighted by Gasteiger charge is 2.24. The molecule has 9 heteroatoms. The molecule has 0 radical (unpaired) electrons. The smallest absolute Gasteiger partial charge is 0.232 e. The van der Waals surface area contributed by atoms with E-state index in [9.17, 15) is 9.59 Å². The summed E-state index contributed by atoms with van der Waals surface area (Å²) in [5.41, 5.74) is 3.70. The predicted molar refractivity (Wildman–Crippen MR) is 118 cm³/mol. The molecule has 0 saturated carbocycles. The van der Waals surface area contributed by atoms with Gasteiger partial charge in [-0.05, 0) is 43.5 Å². The summed E-state index contributed by atoms with van der Waals surface area (Å²) in [6.07, 6.45) is 4.94. The number of allylic oxidation sites excluding steroid dienone is 1. The van der Waals surface area contributed by atoms with Crippen LogP contribution < -0.4 is 15.5 Å². The maximum atomic E-state index is 11.9. The van der Waals surface area contributed by atoms with Crippen molar-refractivity contribution in [1.29, 1.82) is 0 Å². The lowest BCUT2D eigenvalue weighted by Crippen LogP contribution is -2.44. The Balaban J connectivity index is 1.34. The van der Waals surface area contributed by atoms with E-state index in [1.165, 1.54) is 5.69 Å².